The van der Waals surface area contributed by atoms with E-state index < -0.39 is 5.25 Å². The minimum atomic E-state index is -0.483. The first kappa shape index (κ1) is 16.2. The largest absolute Gasteiger partial charge is 0.411 e. The second kappa shape index (κ2) is 6.83. The van der Waals surface area contributed by atoms with Crippen LogP contribution in [0.25, 0.3) is 11.5 Å². The number of halogens is 1. The molecule has 124 valence electrons. The zero-order chi connectivity index (χ0) is 17.1. The van der Waals surface area contributed by atoms with Crippen LogP contribution in [0.5, 0.6) is 0 Å². The predicted molar refractivity (Wildman–Crippen MR) is 84.9 cm³/mol. The lowest BCUT2D eigenvalue weighted by Crippen LogP contribution is -2.22. The van der Waals surface area contributed by atoms with E-state index in [1.807, 2.05) is 0 Å². The topological polar surface area (TPSA) is 94.1 Å². The number of amides is 1. The number of carbonyl (C=O) groups excluding carboxylic acids is 1. The molecule has 1 aromatic carbocycles. The number of benzene rings is 1. The van der Waals surface area contributed by atoms with Gasteiger partial charge in [-0.05, 0) is 38.1 Å². The molecule has 1 N–H and O–H groups in total. The van der Waals surface area contributed by atoms with E-state index >= 15 is 0 Å². The Balaban J connectivity index is 1.63. The van der Waals surface area contributed by atoms with Crippen molar-refractivity contribution in [3.63, 3.8) is 0 Å². The van der Waals surface area contributed by atoms with Crippen molar-refractivity contribution in [2.45, 2.75) is 24.3 Å². The van der Waals surface area contributed by atoms with E-state index in [0.717, 1.165) is 11.8 Å². The van der Waals surface area contributed by atoms with Crippen LogP contribution in [0, 0.1) is 12.7 Å². The molecule has 0 saturated carbocycles. The summed E-state index contributed by atoms with van der Waals surface area (Å²) in [5.41, 5.74) is 0.603. The Bertz CT molecular complexity index is 847. The molecule has 2 heterocycles. The van der Waals surface area contributed by atoms with Gasteiger partial charge in [-0.3, -0.25) is 4.79 Å². The average Bonchev–Trinajstić information content (AvgIpc) is 3.17. The fraction of sp³-hybridized carbons (Fsp3) is 0.200. The molecule has 3 aromatic rings. The van der Waals surface area contributed by atoms with Crippen molar-refractivity contribution in [1.82, 2.24) is 15.4 Å². The second-order valence-electron chi connectivity index (χ2n) is 4.95. The smallest absolute Gasteiger partial charge is 0.277 e. The average molecular weight is 348 g/mol. The number of aryl methyl sites for hydroxylation is 1. The van der Waals surface area contributed by atoms with Gasteiger partial charge in [0.25, 0.3) is 5.22 Å². The van der Waals surface area contributed by atoms with E-state index in [2.05, 4.69) is 20.7 Å². The summed E-state index contributed by atoms with van der Waals surface area (Å²) in [6.07, 6.45) is 0. The van der Waals surface area contributed by atoms with Crippen LogP contribution in [0.15, 0.2) is 44.5 Å². The van der Waals surface area contributed by atoms with Gasteiger partial charge in [-0.25, -0.2) is 4.39 Å². The van der Waals surface area contributed by atoms with Crippen molar-refractivity contribution < 1.29 is 18.1 Å². The van der Waals surface area contributed by atoms with Gasteiger partial charge in [0.15, 0.2) is 5.82 Å². The van der Waals surface area contributed by atoms with Gasteiger partial charge in [0.1, 0.15) is 11.6 Å². The molecule has 0 bridgehead atoms. The van der Waals surface area contributed by atoms with Gasteiger partial charge in [-0.1, -0.05) is 16.9 Å². The molecule has 7 nitrogen and oxygen atoms in total. The van der Waals surface area contributed by atoms with Gasteiger partial charge >= 0.3 is 0 Å². The van der Waals surface area contributed by atoms with Crippen molar-refractivity contribution in [1.29, 1.82) is 0 Å². The first-order valence-electron chi connectivity index (χ1n) is 7.01. The summed E-state index contributed by atoms with van der Waals surface area (Å²) in [7, 11) is 0. The Labute approximate surface area is 140 Å². The monoisotopic (exact) mass is 348 g/mol. The zero-order valence-corrected chi connectivity index (χ0v) is 13.6. The molecule has 0 aliphatic rings. The number of hydrogen-bond acceptors (Lipinski definition) is 7. The number of carbonyl (C=O) groups is 1. The van der Waals surface area contributed by atoms with Crippen LogP contribution < -0.4 is 5.32 Å². The lowest BCUT2D eigenvalue weighted by Gasteiger charge is -2.06. The molecule has 0 radical (unpaired) electrons. The van der Waals surface area contributed by atoms with Gasteiger partial charge < -0.3 is 14.3 Å². The first-order valence-corrected chi connectivity index (χ1v) is 7.89. The SMILES string of the molecule is Cc1cc(NC(=O)[C@@H](C)Sc2nnc(-c3ccc(F)cc3)o2)no1. The third kappa shape index (κ3) is 3.80. The number of nitrogens with zero attached hydrogens (tertiary/aromatic N) is 3. The maximum Gasteiger partial charge on any atom is 0.277 e. The van der Waals surface area contributed by atoms with Crippen LogP contribution in [0.4, 0.5) is 10.2 Å². The van der Waals surface area contributed by atoms with Crippen LogP contribution in [0.1, 0.15) is 12.7 Å². The van der Waals surface area contributed by atoms with Crippen molar-refractivity contribution >= 4 is 23.5 Å². The molecule has 0 aliphatic carbocycles. The van der Waals surface area contributed by atoms with E-state index in [-0.39, 0.29) is 22.8 Å². The highest BCUT2D eigenvalue weighted by Crippen LogP contribution is 2.26. The summed E-state index contributed by atoms with van der Waals surface area (Å²) in [6, 6.07) is 7.32. The minimum absolute atomic E-state index is 0.244. The van der Waals surface area contributed by atoms with E-state index in [4.69, 9.17) is 8.94 Å². The van der Waals surface area contributed by atoms with Crippen molar-refractivity contribution in [3.8, 4) is 11.5 Å². The summed E-state index contributed by atoms with van der Waals surface area (Å²) in [5.74, 6) is 0.599. The van der Waals surface area contributed by atoms with Gasteiger partial charge in [0.2, 0.25) is 11.8 Å². The van der Waals surface area contributed by atoms with Gasteiger partial charge in [-0.15, -0.1) is 10.2 Å². The van der Waals surface area contributed by atoms with Crippen LogP contribution in [0.3, 0.4) is 0 Å². The summed E-state index contributed by atoms with van der Waals surface area (Å²) in [4.78, 5) is 12.1. The second-order valence-corrected chi connectivity index (χ2v) is 6.24. The highest BCUT2D eigenvalue weighted by molar-refractivity contribution is 8.00. The number of hydrogen-bond donors (Lipinski definition) is 1. The van der Waals surface area contributed by atoms with Gasteiger partial charge in [0.05, 0.1) is 5.25 Å². The Morgan fingerprint density at radius 1 is 1.29 bits per heavy atom. The molecule has 1 atom stereocenters. The number of anilines is 1. The van der Waals surface area contributed by atoms with Crippen LogP contribution in [-0.4, -0.2) is 26.5 Å². The first-order chi connectivity index (χ1) is 11.5. The fourth-order valence-corrected chi connectivity index (χ4v) is 2.51. The molecule has 3 rings (SSSR count). The van der Waals surface area contributed by atoms with Crippen molar-refractivity contribution in [3.05, 3.63) is 41.9 Å². The Morgan fingerprint density at radius 3 is 2.71 bits per heavy atom. The maximum absolute atomic E-state index is 12.9. The van der Waals surface area contributed by atoms with Crippen LogP contribution >= 0.6 is 11.8 Å². The summed E-state index contributed by atoms with van der Waals surface area (Å²) < 4.78 is 23.3. The van der Waals surface area contributed by atoms with Crippen LogP contribution in [-0.2, 0) is 4.79 Å². The number of aromatic nitrogens is 3. The van der Waals surface area contributed by atoms with E-state index in [1.54, 1.807) is 32.0 Å². The van der Waals surface area contributed by atoms with E-state index in [9.17, 15) is 9.18 Å². The third-order valence-corrected chi connectivity index (χ3v) is 3.96. The molecular weight excluding hydrogens is 335 g/mol. The molecule has 1 amide bonds. The predicted octanol–water partition coefficient (Wildman–Crippen LogP) is 3.29. The molecule has 24 heavy (non-hydrogen) atoms. The number of rotatable bonds is 5. The molecule has 9 heteroatoms. The van der Waals surface area contributed by atoms with Gasteiger partial charge in [-0.2, -0.15) is 0 Å². The molecular formula is C15H13FN4O3S. The lowest BCUT2D eigenvalue weighted by atomic mass is 10.2. The fourth-order valence-electron chi connectivity index (χ4n) is 1.82. The molecule has 0 aliphatic heterocycles. The van der Waals surface area contributed by atoms with E-state index in [0.29, 0.717) is 17.1 Å². The zero-order valence-electron chi connectivity index (χ0n) is 12.8. The highest BCUT2D eigenvalue weighted by Gasteiger charge is 2.20. The number of nitrogens with one attached hydrogen (secondary N) is 1. The van der Waals surface area contributed by atoms with E-state index in [1.165, 1.54) is 12.1 Å². The van der Waals surface area contributed by atoms with Crippen molar-refractivity contribution in [2.75, 3.05) is 5.32 Å². The van der Waals surface area contributed by atoms with Gasteiger partial charge in [0, 0.05) is 11.6 Å². The molecule has 0 unspecified atom stereocenters. The third-order valence-electron chi connectivity index (χ3n) is 3.02. The quantitative estimate of drug-likeness (QED) is 0.707. The lowest BCUT2D eigenvalue weighted by molar-refractivity contribution is -0.115. The maximum atomic E-state index is 12.9. The standard InChI is InChI=1S/C15H13FN4O3S/c1-8-7-12(20-23-8)17-13(21)9(2)24-15-19-18-14(22-15)10-3-5-11(16)6-4-10/h3-7,9H,1-2H3,(H,17,20,21)/t9-/m1/s1. The highest BCUT2D eigenvalue weighted by atomic mass is 32.2. The Morgan fingerprint density at radius 2 is 2.04 bits per heavy atom. The molecule has 0 spiro atoms. The van der Waals surface area contributed by atoms with Crippen LogP contribution in [0.2, 0.25) is 0 Å². The minimum Gasteiger partial charge on any atom is -0.411 e. The molecule has 0 saturated heterocycles. The summed E-state index contributed by atoms with van der Waals surface area (Å²) in [5, 5.41) is 13.9. The normalized spacial score (nSPS) is 12.1. The summed E-state index contributed by atoms with van der Waals surface area (Å²) in [6.45, 7) is 3.44. The summed E-state index contributed by atoms with van der Waals surface area (Å²) >= 11 is 1.11. The number of thioether (sulfide) groups is 1. The Kier molecular flexibility index (Phi) is 4.61. The molecule has 2 aromatic heterocycles. The molecule has 0 fully saturated rings. The Hall–Kier alpha value is -2.68. The van der Waals surface area contributed by atoms with Crippen molar-refractivity contribution in [2.24, 2.45) is 0 Å².